The van der Waals surface area contributed by atoms with Crippen LogP contribution in [0, 0.1) is 17.3 Å². The number of allylic oxidation sites excluding steroid dienone is 2. The van der Waals surface area contributed by atoms with Gasteiger partial charge in [0, 0.05) is 0 Å². The molecule has 0 amide bonds. The van der Waals surface area contributed by atoms with Crippen molar-refractivity contribution in [1.82, 2.24) is 0 Å². The molecule has 0 aromatic heterocycles. The van der Waals surface area contributed by atoms with Crippen LogP contribution in [0.25, 0.3) is 0 Å². The van der Waals surface area contributed by atoms with E-state index in [1.807, 2.05) is 0 Å². The van der Waals surface area contributed by atoms with E-state index < -0.39 is 0 Å². The Bertz CT molecular complexity index is 279. The molecule has 78 valence electrons. The molecule has 4 aliphatic rings. The van der Waals surface area contributed by atoms with Crippen LogP contribution in [-0.2, 0) is 0 Å². The second kappa shape index (κ2) is 2.63. The van der Waals surface area contributed by atoms with Crippen molar-refractivity contribution < 1.29 is 5.11 Å². The number of rotatable bonds is 0. The van der Waals surface area contributed by atoms with Crippen molar-refractivity contribution in [1.29, 1.82) is 0 Å². The van der Waals surface area contributed by atoms with Crippen LogP contribution in [0.4, 0.5) is 0 Å². The highest BCUT2D eigenvalue weighted by molar-refractivity contribution is 5.16. The molecule has 14 heavy (non-hydrogen) atoms. The van der Waals surface area contributed by atoms with Crippen LogP contribution < -0.4 is 0 Å². The molecule has 0 aromatic carbocycles. The van der Waals surface area contributed by atoms with Gasteiger partial charge in [0.15, 0.2) is 0 Å². The fourth-order valence-corrected chi connectivity index (χ4v) is 4.25. The van der Waals surface area contributed by atoms with Gasteiger partial charge in [0.2, 0.25) is 0 Å². The van der Waals surface area contributed by atoms with Gasteiger partial charge in [-0.15, -0.1) is 0 Å². The number of hydrogen-bond donors (Lipinski definition) is 1. The molecule has 2 bridgehead atoms. The van der Waals surface area contributed by atoms with Gasteiger partial charge < -0.3 is 5.11 Å². The van der Waals surface area contributed by atoms with Gasteiger partial charge in [0.25, 0.3) is 0 Å². The van der Waals surface area contributed by atoms with Gasteiger partial charge in [-0.25, -0.2) is 0 Å². The zero-order chi connectivity index (χ0) is 9.81. The molecule has 1 N–H and O–H groups in total. The maximum Gasteiger partial charge on any atom is 0.0656 e. The fourth-order valence-electron chi connectivity index (χ4n) is 4.25. The lowest BCUT2D eigenvalue weighted by atomic mass is 9.48. The van der Waals surface area contributed by atoms with E-state index in [1.165, 1.54) is 32.1 Å². The Balaban J connectivity index is 1.99. The molecule has 4 atom stereocenters. The minimum atomic E-state index is -0.379. The lowest BCUT2D eigenvalue weighted by Crippen LogP contribution is -2.54. The topological polar surface area (TPSA) is 20.2 Å². The average molecular weight is 192 g/mol. The highest BCUT2D eigenvalue weighted by Gasteiger charge is 2.55. The van der Waals surface area contributed by atoms with Gasteiger partial charge in [-0.3, -0.25) is 0 Å². The highest BCUT2D eigenvalue weighted by Crippen LogP contribution is 2.60. The first-order valence-electron chi connectivity index (χ1n) is 6.02. The molecule has 0 saturated heterocycles. The van der Waals surface area contributed by atoms with Crippen LogP contribution in [0.3, 0.4) is 0 Å². The summed E-state index contributed by atoms with van der Waals surface area (Å²) in [5, 5.41) is 10.4. The summed E-state index contributed by atoms with van der Waals surface area (Å²) in [6.45, 7) is 2.05. The predicted molar refractivity (Wildman–Crippen MR) is 56.9 cm³/mol. The summed E-state index contributed by atoms with van der Waals surface area (Å²) in [7, 11) is 0. The number of hydrogen-bond acceptors (Lipinski definition) is 1. The fraction of sp³-hybridized carbons (Fsp3) is 0.846. The van der Waals surface area contributed by atoms with Crippen molar-refractivity contribution in [3.05, 3.63) is 12.2 Å². The van der Waals surface area contributed by atoms with E-state index >= 15 is 0 Å². The molecule has 4 aliphatic carbocycles. The molecule has 0 radical (unpaired) electrons. The summed E-state index contributed by atoms with van der Waals surface area (Å²) in [6, 6.07) is 0. The molecule has 0 aliphatic heterocycles. The van der Waals surface area contributed by atoms with Crippen molar-refractivity contribution >= 4 is 0 Å². The lowest BCUT2D eigenvalue weighted by Gasteiger charge is -2.58. The maximum atomic E-state index is 10.4. The number of fused-ring (bicyclic) bond motifs is 2. The van der Waals surface area contributed by atoms with Crippen molar-refractivity contribution in [2.45, 2.75) is 51.0 Å². The van der Waals surface area contributed by atoms with Crippen molar-refractivity contribution in [3.63, 3.8) is 0 Å². The summed E-state index contributed by atoms with van der Waals surface area (Å²) < 4.78 is 0. The SMILES string of the molecule is CC1(O)CC23C=CCCC2CC1CC3. The minimum Gasteiger partial charge on any atom is -0.390 e. The van der Waals surface area contributed by atoms with Crippen LogP contribution >= 0.6 is 0 Å². The molecule has 1 spiro atoms. The third-order valence-corrected chi connectivity index (χ3v) is 5.04. The Morgan fingerprint density at radius 3 is 2.93 bits per heavy atom. The van der Waals surface area contributed by atoms with Crippen LogP contribution in [0.2, 0.25) is 0 Å². The van der Waals surface area contributed by atoms with E-state index in [0.717, 1.165) is 12.3 Å². The van der Waals surface area contributed by atoms with E-state index in [1.54, 1.807) is 0 Å². The van der Waals surface area contributed by atoms with Gasteiger partial charge in [0.05, 0.1) is 5.60 Å². The van der Waals surface area contributed by atoms with Crippen LogP contribution in [0.15, 0.2) is 12.2 Å². The Labute approximate surface area is 86.2 Å². The first-order chi connectivity index (χ1) is 6.62. The second-order valence-corrected chi connectivity index (χ2v) is 5.92. The molecule has 0 aromatic rings. The van der Waals surface area contributed by atoms with Crippen LogP contribution in [0.5, 0.6) is 0 Å². The van der Waals surface area contributed by atoms with Gasteiger partial charge in [0.1, 0.15) is 0 Å². The second-order valence-electron chi connectivity index (χ2n) is 5.92. The monoisotopic (exact) mass is 192 g/mol. The summed E-state index contributed by atoms with van der Waals surface area (Å²) in [6.07, 6.45) is 12.3. The van der Waals surface area contributed by atoms with Crippen LogP contribution in [-0.4, -0.2) is 10.7 Å². The molecule has 0 heterocycles. The Kier molecular flexibility index (Phi) is 1.69. The zero-order valence-electron chi connectivity index (χ0n) is 9.00. The highest BCUT2D eigenvalue weighted by atomic mass is 16.3. The van der Waals surface area contributed by atoms with E-state index in [4.69, 9.17) is 0 Å². The Morgan fingerprint density at radius 1 is 1.29 bits per heavy atom. The van der Waals surface area contributed by atoms with E-state index in [2.05, 4.69) is 19.1 Å². The van der Waals surface area contributed by atoms with Crippen molar-refractivity contribution in [3.8, 4) is 0 Å². The maximum absolute atomic E-state index is 10.4. The van der Waals surface area contributed by atoms with Crippen molar-refractivity contribution in [2.75, 3.05) is 0 Å². The first-order valence-corrected chi connectivity index (χ1v) is 6.02. The third-order valence-electron chi connectivity index (χ3n) is 5.04. The molecule has 3 saturated carbocycles. The third kappa shape index (κ3) is 1.05. The smallest absolute Gasteiger partial charge is 0.0656 e. The molecule has 4 unspecified atom stereocenters. The summed E-state index contributed by atoms with van der Waals surface area (Å²) in [5.41, 5.74) is 0.00688. The van der Waals surface area contributed by atoms with Crippen LogP contribution in [0.1, 0.15) is 45.4 Å². The average Bonchev–Trinajstić information content (AvgIpc) is 2.15. The summed E-state index contributed by atoms with van der Waals surface area (Å²) >= 11 is 0. The van der Waals surface area contributed by atoms with E-state index in [9.17, 15) is 5.11 Å². The molecular weight excluding hydrogens is 172 g/mol. The quantitative estimate of drug-likeness (QED) is 0.585. The Morgan fingerprint density at radius 2 is 2.14 bits per heavy atom. The lowest BCUT2D eigenvalue weighted by molar-refractivity contribution is -0.137. The van der Waals surface area contributed by atoms with Gasteiger partial charge in [-0.05, 0) is 62.7 Å². The van der Waals surface area contributed by atoms with Gasteiger partial charge in [-0.2, -0.15) is 0 Å². The molecule has 1 heteroatoms. The summed E-state index contributed by atoms with van der Waals surface area (Å²) in [5.74, 6) is 1.47. The molecule has 4 rings (SSSR count). The van der Waals surface area contributed by atoms with E-state index in [-0.39, 0.29) is 5.60 Å². The predicted octanol–water partition coefficient (Wildman–Crippen LogP) is 2.89. The number of aliphatic hydroxyl groups is 1. The Hall–Kier alpha value is -0.300. The molecule has 1 nitrogen and oxygen atoms in total. The van der Waals surface area contributed by atoms with Crippen molar-refractivity contribution in [2.24, 2.45) is 17.3 Å². The normalized spacial score (nSPS) is 55.9. The largest absolute Gasteiger partial charge is 0.390 e. The molecule has 3 fully saturated rings. The molecular formula is C13H20O. The van der Waals surface area contributed by atoms with Gasteiger partial charge >= 0.3 is 0 Å². The minimum absolute atomic E-state index is 0.379. The van der Waals surface area contributed by atoms with Gasteiger partial charge in [-0.1, -0.05) is 12.2 Å². The standard InChI is InChI=1S/C13H20O/c1-12(14)9-13-6-3-2-4-11(13)8-10(12)5-7-13/h3,6,10-11,14H,2,4-5,7-9H2,1H3. The van der Waals surface area contributed by atoms with E-state index in [0.29, 0.717) is 11.3 Å². The zero-order valence-corrected chi connectivity index (χ0v) is 9.00. The first kappa shape index (κ1) is 8.96. The summed E-state index contributed by atoms with van der Waals surface area (Å²) in [4.78, 5) is 0.